The van der Waals surface area contributed by atoms with E-state index in [1.807, 2.05) is 0 Å². The van der Waals surface area contributed by atoms with Gasteiger partial charge in [-0.3, -0.25) is 0 Å². The Hall–Kier alpha value is -1.76. The lowest BCUT2D eigenvalue weighted by Gasteiger charge is -2.22. The summed E-state index contributed by atoms with van der Waals surface area (Å²) in [6.07, 6.45) is 6.37. The Morgan fingerprint density at radius 3 is 2.52 bits per heavy atom. The molecule has 110 valence electrons. The van der Waals surface area contributed by atoms with Crippen molar-refractivity contribution in [1.82, 2.24) is 0 Å². The van der Waals surface area contributed by atoms with Gasteiger partial charge in [0.2, 0.25) is 0 Å². The zero-order chi connectivity index (χ0) is 14.5. The van der Waals surface area contributed by atoms with Crippen molar-refractivity contribution < 1.29 is 0 Å². The lowest BCUT2D eigenvalue weighted by molar-refractivity contribution is 0.489. The zero-order valence-electron chi connectivity index (χ0n) is 12.9. The van der Waals surface area contributed by atoms with Crippen molar-refractivity contribution in [2.45, 2.75) is 45.1 Å². The van der Waals surface area contributed by atoms with Crippen LogP contribution < -0.4 is 5.32 Å². The van der Waals surface area contributed by atoms with Crippen molar-refractivity contribution in [3.05, 3.63) is 65.7 Å². The second-order valence-corrected chi connectivity index (χ2v) is 6.17. The van der Waals surface area contributed by atoms with E-state index in [1.54, 1.807) is 0 Å². The van der Waals surface area contributed by atoms with E-state index in [0.29, 0.717) is 6.04 Å². The fourth-order valence-corrected chi connectivity index (χ4v) is 3.55. The third kappa shape index (κ3) is 3.47. The van der Waals surface area contributed by atoms with Gasteiger partial charge in [-0.15, -0.1) is 0 Å². The van der Waals surface area contributed by atoms with Gasteiger partial charge in [0.25, 0.3) is 0 Å². The van der Waals surface area contributed by atoms with Crippen molar-refractivity contribution in [3.63, 3.8) is 0 Å². The average Bonchev–Trinajstić information content (AvgIpc) is 2.97. The third-order valence-electron chi connectivity index (χ3n) is 4.78. The van der Waals surface area contributed by atoms with Gasteiger partial charge >= 0.3 is 0 Å². The van der Waals surface area contributed by atoms with Crippen LogP contribution in [0.15, 0.2) is 54.6 Å². The normalized spacial score (nSPS) is 21.4. The minimum absolute atomic E-state index is 0.659. The first kappa shape index (κ1) is 14.2. The molecule has 1 saturated carbocycles. The van der Waals surface area contributed by atoms with Crippen LogP contribution in [0.2, 0.25) is 0 Å². The summed E-state index contributed by atoms with van der Waals surface area (Å²) < 4.78 is 0. The topological polar surface area (TPSA) is 12.0 Å². The molecule has 0 heterocycles. The average molecular weight is 279 g/mol. The van der Waals surface area contributed by atoms with E-state index in [0.717, 1.165) is 12.3 Å². The van der Waals surface area contributed by atoms with Gasteiger partial charge in [-0.1, -0.05) is 68.3 Å². The number of para-hydroxylation sites is 1. The van der Waals surface area contributed by atoms with Gasteiger partial charge in [0.1, 0.15) is 0 Å². The summed E-state index contributed by atoms with van der Waals surface area (Å²) >= 11 is 0. The molecule has 1 aliphatic rings. The Kier molecular flexibility index (Phi) is 4.59. The highest BCUT2D eigenvalue weighted by Crippen LogP contribution is 2.32. The molecule has 1 N–H and O–H groups in total. The summed E-state index contributed by atoms with van der Waals surface area (Å²) in [7, 11) is 0. The maximum Gasteiger partial charge on any atom is 0.0378 e. The Morgan fingerprint density at radius 2 is 1.71 bits per heavy atom. The molecule has 1 fully saturated rings. The van der Waals surface area contributed by atoms with Gasteiger partial charge in [-0.2, -0.15) is 0 Å². The molecule has 2 aromatic carbocycles. The molecule has 1 aliphatic carbocycles. The minimum atomic E-state index is 0.659. The highest BCUT2D eigenvalue weighted by molar-refractivity contribution is 5.53. The number of benzene rings is 2. The summed E-state index contributed by atoms with van der Waals surface area (Å²) in [5.41, 5.74) is 4.11. The molecule has 0 amide bonds. The van der Waals surface area contributed by atoms with Gasteiger partial charge < -0.3 is 5.32 Å². The largest absolute Gasteiger partial charge is 0.382 e. The van der Waals surface area contributed by atoms with Crippen molar-refractivity contribution in [2.24, 2.45) is 5.92 Å². The number of hydrogen-bond donors (Lipinski definition) is 1. The Balaban J connectivity index is 1.76. The van der Waals surface area contributed by atoms with Crippen LogP contribution in [0.3, 0.4) is 0 Å². The minimum Gasteiger partial charge on any atom is -0.382 e. The molecule has 1 heteroatoms. The summed E-state index contributed by atoms with van der Waals surface area (Å²) in [6.45, 7) is 2.32. The molecule has 0 aromatic heterocycles. The molecule has 2 unspecified atom stereocenters. The number of anilines is 1. The van der Waals surface area contributed by atoms with Crippen LogP contribution in [0.1, 0.15) is 43.7 Å². The van der Waals surface area contributed by atoms with Crippen LogP contribution in [-0.2, 0) is 6.42 Å². The van der Waals surface area contributed by atoms with Crippen LogP contribution in [0.25, 0.3) is 0 Å². The Bertz CT molecular complexity index is 561. The van der Waals surface area contributed by atoms with Crippen LogP contribution in [0.5, 0.6) is 0 Å². The smallest absolute Gasteiger partial charge is 0.0378 e. The van der Waals surface area contributed by atoms with Crippen LogP contribution >= 0.6 is 0 Å². The predicted octanol–water partition coefficient (Wildman–Crippen LogP) is 5.27. The maximum absolute atomic E-state index is 3.83. The molecular formula is C20H25N. The number of rotatable bonds is 5. The SMILES string of the molecule is CCC1CCCC1Nc1ccccc1Cc1ccccc1. The van der Waals surface area contributed by atoms with Gasteiger partial charge in [-0.25, -0.2) is 0 Å². The monoisotopic (exact) mass is 279 g/mol. The van der Waals surface area contributed by atoms with E-state index < -0.39 is 0 Å². The molecule has 1 nitrogen and oxygen atoms in total. The first-order chi connectivity index (χ1) is 10.4. The lowest BCUT2D eigenvalue weighted by atomic mass is 9.98. The first-order valence-corrected chi connectivity index (χ1v) is 8.25. The second kappa shape index (κ2) is 6.80. The predicted molar refractivity (Wildman–Crippen MR) is 90.7 cm³/mol. The molecule has 2 atom stereocenters. The summed E-state index contributed by atoms with van der Waals surface area (Å²) in [5, 5.41) is 3.83. The summed E-state index contributed by atoms with van der Waals surface area (Å²) in [4.78, 5) is 0. The molecule has 3 rings (SSSR count). The molecule has 0 spiro atoms. The van der Waals surface area contributed by atoms with Crippen molar-refractivity contribution >= 4 is 5.69 Å². The van der Waals surface area contributed by atoms with Crippen molar-refractivity contribution in [3.8, 4) is 0 Å². The van der Waals surface area contributed by atoms with Gasteiger partial charge in [0, 0.05) is 11.7 Å². The fourth-order valence-electron chi connectivity index (χ4n) is 3.55. The molecule has 21 heavy (non-hydrogen) atoms. The van der Waals surface area contributed by atoms with E-state index in [9.17, 15) is 0 Å². The standard InChI is InChI=1S/C20H25N/c1-2-17-12-8-14-19(17)21-20-13-7-6-11-18(20)15-16-9-4-3-5-10-16/h3-7,9-11,13,17,19,21H,2,8,12,14-15H2,1H3. The van der Waals surface area contributed by atoms with E-state index in [2.05, 4.69) is 66.8 Å². The molecule has 0 bridgehead atoms. The highest BCUT2D eigenvalue weighted by atomic mass is 14.9. The van der Waals surface area contributed by atoms with Crippen molar-refractivity contribution in [1.29, 1.82) is 0 Å². The molecule has 0 radical (unpaired) electrons. The Labute approximate surface area is 128 Å². The first-order valence-electron chi connectivity index (χ1n) is 8.25. The van der Waals surface area contributed by atoms with Gasteiger partial charge in [0.05, 0.1) is 0 Å². The summed E-state index contributed by atoms with van der Waals surface area (Å²) in [5.74, 6) is 0.842. The number of nitrogens with one attached hydrogen (secondary N) is 1. The number of hydrogen-bond acceptors (Lipinski definition) is 1. The maximum atomic E-state index is 3.83. The summed E-state index contributed by atoms with van der Waals surface area (Å²) in [6, 6.07) is 20.2. The van der Waals surface area contributed by atoms with Gasteiger partial charge in [0.15, 0.2) is 0 Å². The van der Waals surface area contributed by atoms with E-state index >= 15 is 0 Å². The lowest BCUT2D eigenvalue weighted by Crippen LogP contribution is -2.24. The van der Waals surface area contributed by atoms with Gasteiger partial charge in [-0.05, 0) is 42.4 Å². The molecule has 2 aromatic rings. The van der Waals surface area contributed by atoms with Crippen LogP contribution in [0.4, 0.5) is 5.69 Å². The van der Waals surface area contributed by atoms with Crippen molar-refractivity contribution in [2.75, 3.05) is 5.32 Å². The van der Waals surface area contributed by atoms with E-state index in [4.69, 9.17) is 0 Å². The third-order valence-corrected chi connectivity index (χ3v) is 4.78. The van der Waals surface area contributed by atoms with Crippen LogP contribution in [-0.4, -0.2) is 6.04 Å². The van der Waals surface area contributed by atoms with Crippen LogP contribution in [0, 0.1) is 5.92 Å². The second-order valence-electron chi connectivity index (χ2n) is 6.17. The van der Waals surface area contributed by atoms with E-state index in [-0.39, 0.29) is 0 Å². The fraction of sp³-hybridized carbons (Fsp3) is 0.400. The molecule has 0 aliphatic heterocycles. The highest BCUT2D eigenvalue weighted by Gasteiger charge is 2.25. The Morgan fingerprint density at radius 1 is 0.952 bits per heavy atom. The zero-order valence-corrected chi connectivity index (χ0v) is 12.9. The van der Waals surface area contributed by atoms with E-state index in [1.165, 1.54) is 42.5 Å². The quantitative estimate of drug-likeness (QED) is 0.786. The molecular weight excluding hydrogens is 254 g/mol. The molecule has 0 saturated heterocycles.